The van der Waals surface area contributed by atoms with Gasteiger partial charge < -0.3 is 20.3 Å². The molecule has 0 aromatic rings. The molecular weight excluding hydrogens is 308 g/mol. The Kier molecular flexibility index (Phi) is 7.34. The molecule has 136 valence electrons. The van der Waals surface area contributed by atoms with Gasteiger partial charge in [-0.1, -0.05) is 19.3 Å². The molecule has 1 amide bonds. The van der Waals surface area contributed by atoms with Crippen molar-refractivity contribution in [3.05, 3.63) is 0 Å². The third kappa shape index (κ3) is 5.39. The van der Waals surface area contributed by atoms with Gasteiger partial charge in [-0.25, -0.2) is 0 Å². The highest BCUT2D eigenvalue weighted by Gasteiger charge is 2.31. The molecule has 7 nitrogen and oxygen atoms in total. The Labute approximate surface area is 144 Å². The number of rotatable bonds is 5. The summed E-state index contributed by atoms with van der Waals surface area (Å²) >= 11 is 0. The highest BCUT2D eigenvalue weighted by Crippen LogP contribution is 2.26. The molecule has 1 aliphatic carbocycles. The predicted molar refractivity (Wildman–Crippen MR) is 92.7 cm³/mol. The first-order valence-electron chi connectivity index (χ1n) is 8.96. The van der Waals surface area contributed by atoms with Gasteiger partial charge in [0, 0.05) is 38.6 Å². The number of esters is 1. The number of ether oxygens (including phenoxy) is 1. The summed E-state index contributed by atoms with van der Waals surface area (Å²) < 4.78 is 4.61. The lowest BCUT2D eigenvalue weighted by Gasteiger charge is -2.26. The molecule has 2 aliphatic rings. The number of aliphatic imine (C=N–C) groups is 1. The summed E-state index contributed by atoms with van der Waals surface area (Å²) in [7, 11) is 3.08. The van der Waals surface area contributed by atoms with E-state index in [-0.39, 0.29) is 17.9 Å². The van der Waals surface area contributed by atoms with E-state index in [0.717, 1.165) is 32.4 Å². The lowest BCUT2D eigenvalue weighted by Crippen LogP contribution is -2.46. The lowest BCUT2D eigenvalue weighted by atomic mass is 9.88. The van der Waals surface area contributed by atoms with Gasteiger partial charge in [0.2, 0.25) is 5.91 Å². The van der Waals surface area contributed by atoms with Crippen LogP contribution >= 0.6 is 0 Å². The van der Waals surface area contributed by atoms with Crippen molar-refractivity contribution in [3.8, 4) is 0 Å². The smallest absolute Gasteiger partial charge is 0.307 e. The molecule has 1 heterocycles. The summed E-state index contributed by atoms with van der Waals surface area (Å²) in [6, 6.07) is 0.210. The van der Waals surface area contributed by atoms with Gasteiger partial charge in [-0.3, -0.25) is 14.6 Å². The molecular formula is C17H30N4O3. The molecule has 0 aromatic carbocycles. The van der Waals surface area contributed by atoms with E-state index in [9.17, 15) is 9.59 Å². The maximum absolute atomic E-state index is 12.6. The van der Waals surface area contributed by atoms with Gasteiger partial charge in [-0.2, -0.15) is 0 Å². The third-order valence-corrected chi connectivity index (χ3v) is 4.87. The summed E-state index contributed by atoms with van der Waals surface area (Å²) in [4.78, 5) is 29.9. The van der Waals surface area contributed by atoms with Crippen LogP contribution in [0, 0.1) is 5.92 Å². The number of amides is 1. The van der Waals surface area contributed by atoms with Crippen LogP contribution in [0.5, 0.6) is 0 Å². The summed E-state index contributed by atoms with van der Waals surface area (Å²) in [5.74, 6) is 0.974. The molecule has 24 heavy (non-hydrogen) atoms. The van der Waals surface area contributed by atoms with E-state index < -0.39 is 0 Å². The van der Waals surface area contributed by atoms with E-state index >= 15 is 0 Å². The average molecular weight is 338 g/mol. The van der Waals surface area contributed by atoms with Crippen LogP contribution in [0.25, 0.3) is 0 Å². The van der Waals surface area contributed by atoms with Gasteiger partial charge in [0.15, 0.2) is 5.96 Å². The fourth-order valence-electron chi connectivity index (χ4n) is 3.46. The van der Waals surface area contributed by atoms with Gasteiger partial charge in [-0.05, 0) is 19.3 Å². The quantitative estimate of drug-likeness (QED) is 0.442. The van der Waals surface area contributed by atoms with Crippen LogP contribution in [-0.2, 0) is 14.3 Å². The van der Waals surface area contributed by atoms with E-state index in [4.69, 9.17) is 0 Å². The molecule has 0 bridgehead atoms. The van der Waals surface area contributed by atoms with E-state index in [1.807, 2.05) is 4.90 Å². The molecule has 1 saturated heterocycles. The van der Waals surface area contributed by atoms with Gasteiger partial charge >= 0.3 is 5.97 Å². The number of guanidine groups is 1. The fraction of sp³-hybridized carbons (Fsp3) is 0.824. The van der Waals surface area contributed by atoms with Crippen molar-refractivity contribution in [1.29, 1.82) is 0 Å². The van der Waals surface area contributed by atoms with Crippen LogP contribution in [0.2, 0.25) is 0 Å². The summed E-state index contributed by atoms with van der Waals surface area (Å²) in [6.45, 7) is 2.02. The Balaban J connectivity index is 1.73. The zero-order valence-corrected chi connectivity index (χ0v) is 14.8. The molecule has 2 fully saturated rings. The van der Waals surface area contributed by atoms with Crippen molar-refractivity contribution in [2.45, 2.75) is 51.0 Å². The van der Waals surface area contributed by atoms with Crippen molar-refractivity contribution < 1.29 is 14.3 Å². The Bertz CT molecular complexity index is 461. The third-order valence-electron chi connectivity index (χ3n) is 4.87. The molecule has 1 atom stereocenters. The summed E-state index contributed by atoms with van der Waals surface area (Å²) in [5, 5.41) is 6.44. The first-order chi connectivity index (χ1) is 11.6. The minimum atomic E-state index is -0.247. The Morgan fingerprint density at radius 1 is 1.21 bits per heavy atom. The molecule has 1 unspecified atom stereocenters. The molecule has 0 spiro atoms. The first-order valence-corrected chi connectivity index (χ1v) is 8.96. The summed E-state index contributed by atoms with van der Waals surface area (Å²) in [6.07, 6.45) is 6.95. The molecule has 1 saturated carbocycles. The highest BCUT2D eigenvalue weighted by atomic mass is 16.5. The van der Waals surface area contributed by atoms with Crippen LogP contribution in [0.1, 0.15) is 44.9 Å². The average Bonchev–Trinajstić information content (AvgIpc) is 3.09. The SMILES string of the molecule is CN=C(NCCC(=O)OC)NC1CCN(C(=O)C2CCCCC2)C1. The van der Waals surface area contributed by atoms with Gasteiger partial charge in [0.05, 0.1) is 13.5 Å². The maximum atomic E-state index is 12.6. The number of nitrogens with one attached hydrogen (secondary N) is 2. The topological polar surface area (TPSA) is 83.0 Å². The number of carbonyl (C=O) groups is 2. The van der Waals surface area contributed by atoms with Crippen molar-refractivity contribution in [3.63, 3.8) is 0 Å². The number of carbonyl (C=O) groups excluding carboxylic acids is 2. The lowest BCUT2D eigenvalue weighted by molar-refractivity contribution is -0.140. The van der Waals surface area contributed by atoms with Crippen molar-refractivity contribution in [1.82, 2.24) is 15.5 Å². The first kappa shape index (κ1) is 18.5. The number of likely N-dealkylation sites (tertiary alicyclic amines) is 1. The van der Waals surface area contributed by atoms with Gasteiger partial charge in [0.25, 0.3) is 0 Å². The van der Waals surface area contributed by atoms with Crippen molar-refractivity contribution in [2.75, 3.05) is 33.8 Å². The van der Waals surface area contributed by atoms with Gasteiger partial charge in [0.1, 0.15) is 0 Å². The largest absolute Gasteiger partial charge is 0.469 e. The normalized spacial score (nSPS) is 22.3. The zero-order valence-electron chi connectivity index (χ0n) is 14.8. The molecule has 2 rings (SSSR count). The van der Waals surface area contributed by atoms with Crippen molar-refractivity contribution in [2.24, 2.45) is 10.9 Å². The second kappa shape index (κ2) is 9.49. The van der Waals surface area contributed by atoms with E-state index in [1.165, 1.54) is 26.4 Å². The molecule has 0 aromatic heterocycles. The van der Waals surface area contributed by atoms with Crippen LogP contribution in [0.15, 0.2) is 4.99 Å². The minimum Gasteiger partial charge on any atom is -0.469 e. The number of nitrogens with zero attached hydrogens (tertiary/aromatic N) is 2. The Morgan fingerprint density at radius 2 is 1.96 bits per heavy atom. The minimum absolute atomic E-state index is 0.210. The molecule has 1 aliphatic heterocycles. The van der Waals surface area contributed by atoms with E-state index in [0.29, 0.717) is 24.8 Å². The molecule has 7 heteroatoms. The van der Waals surface area contributed by atoms with E-state index in [1.54, 1.807) is 7.05 Å². The number of hydrogen-bond donors (Lipinski definition) is 2. The summed E-state index contributed by atoms with van der Waals surface area (Å²) in [5.41, 5.74) is 0. The highest BCUT2D eigenvalue weighted by molar-refractivity contribution is 5.81. The molecule has 0 radical (unpaired) electrons. The monoisotopic (exact) mass is 338 g/mol. The second-order valence-corrected chi connectivity index (χ2v) is 6.57. The Hall–Kier alpha value is -1.79. The van der Waals surface area contributed by atoms with Gasteiger partial charge in [-0.15, -0.1) is 0 Å². The number of hydrogen-bond acceptors (Lipinski definition) is 4. The van der Waals surface area contributed by atoms with Crippen molar-refractivity contribution >= 4 is 17.8 Å². The fourth-order valence-corrected chi connectivity index (χ4v) is 3.46. The molecule has 2 N–H and O–H groups in total. The van der Waals surface area contributed by atoms with Crippen LogP contribution < -0.4 is 10.6 Å². The predicted octanol–water partition coefficient (Wildman–Crippen LogP) is 0.896. The Morgan fingerprint density at radius 3 is 2.62 bits per heavy atom. The van der Waals surface area contributed by atoms with Crippen LogP contribution in [0.4, 0.5) is 0 Å². The van der Waals surface area contributed by atoms with Crippen LogP contribution in [0.3, 0.4) is 0 Å². The van der Waals surface area contributed by atoms with Crippen LogP contribution in [-0.4, -0.2) is 62.6 Å². The zero-order chi connectivity index (χ0) is 17.4. The standard InChI is InChI=1S/C17H30N4O3/c1-18-17(19-10-8-15(22)24-2)20-14-9-11-21(12-14)16(23)13-6-4-3-5-7-13/h13-14H,3-12H2,1-2H3,(H2,18,19,20). The van der Waals surface area contributed by atoms with E-state index in [2.05, 4.69) is 20.4 Å². The number of methoxy groups -OCH3 is 1. The second-order valence-electron chi connectivity index (χ2n) is 6.57. The maximum Gasteiger partial charge on any atom is 0.307 e.